The minimum atomic E-state index is 0.220. The number of anilines is 2. The van der Waals surface area contributed by atoms with Crippen molar-refractivity contribution in [3.8, 4) is 0 Å². The summed E-state index contributed by atoms with van der Waals surface area (Å²) in [4.78, 5) is 8.43. The van der Waals surface area contributed by atoms with Gasteiger partial charge in [-0.2, -0.15) is 0 Å². The van der Waals surface area contributed by atoms with Crippen molar-refractivity contribution >= 4 is 11.6 Å². The summed E-state index contributed by atoms with van der Waals surface area (Å²) in [5.74, 6) is 1.82. The Labute approximate surface area is 96.9 Å². The summed E-state index contributed by atoms with van der Waals surface area (Å²) in [6.07, 6.45) is 6.70. The fraction of sp³-hybridized carbons (Fsp3) is 0.667. The maximum atomic E-state index is 4.27. The van der Waals surface area contributed by atoms with Gasteiger partial charge >= 0.3 is 0 Å². The molecule has 0 aliphatic heterocycles. The minimum Gasteiger partial charge on any atom is -0.370 e. The molecule has 0 unspecified atom stereocenters. The van der Waals surface area contributed by atoms with E-state index in [-0.39, 0.29) is 5.54 Å². The third-order valence-electron chi connectivity index (χ3n) is 3.16. The van der Waals surface area contributed by atoms with Gasteiger partial charge in [-0.05, 0) is 26.7 Å². The van der Waals surface area contributed by atoms with Gasteiger partial charge in [-0.3, -0.25) is 0 Å². The molecule has 1 saturated carbocycles. The second-order valence-electron chi connectivity index (χ2n) is 4.71. The van der Waals surface area contributed by atoms with E-state index >= 15 is 0 Å². The van der Waals surface area contributed by atoms with E-state index in [0.717, 1.165) is 18.2 Å². The van der Waals surface area contributed by atoms with Crippen LogP contribution in [-0.4, -0.2) is 22.1 Å². The molecule has 88 valence electrons. The molecule has 0 amide bonds. The summed E-state index contributed by atoms with van der Waals surface area (Å²) in [5, 5.41) is 6.72. The van der Waals surface area contributed by atoms with Gasteiger partial charge in [-0.1, -0.05) is 12.8 Å². The molecule has 0 bridgehead atoms. The van der Waals surface area contributed by atoms with Gasteiger partial charge in [0, 0.05) is 18.2 Å². The Hall–Kier alpha value is -1.32. The maximum absolute atomic E-state index is 4.27. The fourth-order valence-electron chi connectivity index (χ4n) is 2.29. The van der Waals surface area contributed by atoms with Crippen LogP contribution in [0.25, 0.3) is 0 Å². The first-order valence-corrected chi connectivity index (χ1v) is 6.06. The molecule has 0 spiro atoms. The monoisotopic (exact) mass is 220 g/mol. The number of aromatic nitrogens is 2. The smallest absolute Gasteiger partial charge is 0.131 e. The number of nitrogens with zero attached hydrogens (tertiary/aromatic N) is 2. The van der Waals surface area contributed by atoms with Crippen molar-refractivity contribution in [2.24, 2.45) is 0 Å². The summed E-state index contributed by atoms with van der Waals surface area (Å²) in [6.45, 7) is 5.22. The molecule has 0 saturated heterocycles. The highest BCUT2D eigenvalue weighted by atomic mass is 15.1. The zero-order chi connectivity index (χ0) is 11.4. The second kappa shape index (κ2) is 4.68. The number of hydrogen-bond donors (Lipinski definition) is 2. The summed E-state index contributed by atoms with van der Waals surface area (Å²) >= 11 is 0. The van der Waals surface area contributed by atoms with Gasteiger partial charge in [0.05, 0.1) is 0 Å². The molecule has 16 heavy (non-hydrogen) atoms. The van der Waals surface area contributed by atoms with E-state index in [1.807, 2.05) is 6.07 Å². The van der Waals surface area contributed by atoms with Crippen LogP contribution in [0.3, 0.4) is 0 Å². The molecular weight excluding hydrogens is 200 g/mol. The first-order chi connectivity index (χ1) is 7.72. The molecule has 1 aromatic rings. The lowest BCUT2D eigenvalue weighted by Gasteiger charge is -2.25. The van der Waals surface area contributed by atoms with E-state index in [1.54, 1.807) is 6.33 Å². The van der Waals surface area contributed by atoms with E-state index in [0.29, 0.717) is 0 Å². The van der Waals surface area contributed by atoms with Crippen molar-refractivity contribution in [1.82, 2.24) is 9.97 Å². The zero-order valence-electron chi connectivity index (χ0n) is 10.1. The van der Waals surface area contributed by atoms with Gasteiger partial charge in [-0.15, -0.1) is 0 Å². The lowest BCUT2D eigenvalue weighted by Crippen LogP contribution is -2.31. The molecule has 1 aromatic heterocycles. The van der Waals surface area contributed by atoms with Crippen molar-refractivity contribution in [1.29, 1.82) is 0 Å². The Morgan fingerprint density at radius 3 is 2.62 bits per heavy atom. The SMILES string of the molecule is CCNc1cc(NC2(C)CCCC2)ncn1. The van der Waals surface area contributed by atoms with Crippen LogP contribution in [0, 0.1) is 0 Å². The normalized spacial score (nSPS) is 18.4. The first-order valence-electron chi connectivity index (χ1n) is 6.06. The predicted molar refractivity (Wildman–Crippen MR) is 66.7 cm³/mol. The number of rotatable bonds is 4. The highest BCUT2D eigenvalue weighted by molar-refractivity contribution is 5.47. The molecule has 4 heteroatoms. The van der Waals surface area contributed by atoms with Crippen molar-refractivity contribution in [2.75, 3.05) is 17.2 Å². The molecule has 1 fully saturated rings. The molecule has 0 atom stereocenters. The van der Waals surface area contributed by atoms with Crippen LogP contribution in [0.2, 0.25) is 0 Å². The van der Waals surface area contributed by atoms with Crippen LogP contribution in [0.4, 0.5) is 11.6 Å². The molecule has 1 aliphatic rings. The van der Waals surface area contributed by atoms with Gasteiger partial charge in [0.1, 0.15) is 18.0 Å². The lowest BCUT2D eigenvalue weighted by atomic mass is 10.0. The van der Waals surface area contributed by atoms with Crippen molar-refractivity contribution in [3.05, 3.63) is 12.4 Å². The quantitative estimate of drug-likeness (QED) is 0.819. The molecule has 0 radical (unpaired) electrons. The Morgan fingerprint density at radius 1 is 1.25 bits per heavy atom. The third kappa shape index (κ3) is 2.62. The highest BCUT2D eigenvalue weighted by Crippen LogP contribution is 2.32. The van der Waals surface area contributed by atoms with E-state index in [4.69, 9.17) is 0 Å². The van der Waals surface area contributed by atoms with E-state index < -0.39 is 0 Å². The van der Waals surface area contributed by atoms with Crippen LogP contribution < -0.4 is 10.6 Å². The summed E-state index contributed by atoms with van der Waals surface area (Å²) in [6, 6.07) is 1.98. The zero-order valence-corrected chi connectivity index (χ0v) is 10.1. The van der Waals surface area contributed by atoms with Gasteiger partial charge in [-0.25, -0.2) is 9.97 Å². The van der Waals surface area contributed by atoms with E-state index in [9.17, 15) is 0 Å². The minimum absolute atomic E-state index is 0.220. The van der Waals surface area contributed by atoms with Gasteiger partial charge < -0.3 is 10.6 Å². The Bertz CT molecular complexity index is 345. The largest absolute Gasteiger partial charge is 0.370 e. The van der Waals surface area contributed by atoms with Crippen LogP contribution in [0.5, 0.6) is 0 Å². The van der Waals surface area contributed by atoms with Crippen molar-refractivity contribution in [2.45, 2.75) is 45.1 Å². The fourth-order valence-corrected chi connectivity index (χ4v) is 2.29. The first kappa shape index (κ1) is 11.2. The van der Waals surface area contributed by atoms with Crippen molar-refractivity contribution < 1.29 is 0 Å². The molecule has 2 N–H and O–H groups in total. The van der Waals surface area contributed by atoms with Crippen LogP contribution in [0.1, 0.15) is 39.5 Å². The number of nitrogens with one attached hydrogen (secondary N) is 2. The van der Waals surface area contributed by atoms with Crippen LogP contribution in [0.15, 0.2) is 12.4 Å². The van der Waals surface area contributed by atoms with Gasteiger partial charge in [0.25, 0.3) is 0 Å². The molecule has 4 nitrogen and oxygen atoms in total. The predicted octanol–water partition coefficient (Wildman–Crippen LogP) is 2.65. The van der Waals surface area contributed by atoms with Gasteiger partial charge in [0.2, 0.25) is 0 Å². The lowest BCUT2D eigenvalue weighted by molar-refractivity contribution is 0.531. The Morgan fingerprint density at radius 2 is 1.94 bits per heavy atom. The summed E-state index contributed by atoms with van der Waals surface area (Å²) in [7, 11) is 0. The third-order valence-corrected chi connectivity index (χ3v) is 3.16. The Balaban J connectivity index is 2.05. The summed E-state index contributed by atoms with van der Waals surface area (Å²) in [5.41, 5.74) is 0.220. The molecule has 2 rings (SSSR count). The molecule has 1 aliphatic carbocycles. The topological polar surface area (TPSA) is 49.8 Å². The van der Waals surface area contributed by atoms with Gasteiger partial charge in [0.15, 0.2) is 0 Å². The molecular formula is C12H20N4. The highest BCUT2D eigenvalue weighted by Gasteiger charge is 2.28. The maximum Gasteiger partial charge on any atom is 0.131 e. The average molecular weight is 220 g/mol. The number of hydrogen-bond acceptors (Lipinski definition) is 4. The van der Waals surface area contributed by atoms with E-state index in [1.165, 1.54) is 25.7 Å². The average Bonchev–Trinajstić information content (AvgIpc) is 2.66. The second-order valence-corrected chi connectivity index (χ2v) is 4.71. The Kier molecular flexibility index (Phi) is 3.27. The molecule has 1 heterocycles. The van der Waals surface area contributed by atoms with Crippen molar-refractivity contribution in [3.63, 3.8) is 0 Å². The van der Waals surface area contributed by atoms with Crippen LogP contribution >= 0.6 is 0 Å². The van der Waals surface area contributed by atoms with E-state index in [2.05, 4.69) is 34.4 Å². The summed E-state index contributed by atoms with van der Waals surface area (Å²) < 4.78 is 0. The standard InChI is InChI=1S/C12H20N4/c1-3-13-10-8-11(15-9-14-10)16-12(2)6-4-5-7-12/h8-9H,3-7H2,1-2H3,(H2,13,14,15,16). The molecule has 0 aromatic carbocycles. The van der Waals surface area contributed by atoms with Crippen LogP contribution in [-0.2, 0) is 0 Å².